The molecular formula is C7H13BrOS. The van der Waals surface area contributed by atoms with Crippen molar-refractivity contribution < 1.29 is 4.79 Å². The number of hydrogen-bond acceptors (Lipinski definition) is 2. The molecule has 0 fully saturated rings. The summed E-state index contributed by atoms with van der Waals surface area (Å²) in [5, 5.41) is 0. The van der Waals surface area contributed by atoms with Crippen molar-refractivity contribution in [3.05, 3.63) is 0 Å². The molecule has 0 heterocycles. The third-order valence-corrected chi connectivity index (χ3v) is 2.72. The van der Waals surface area contributed by atoms with Crippen LogP contribution >= 0.6 is 25.0 Å². The van der Waals surface area contributed by atoms with Gasteiger partial charge in [-0.25, -0.2) is 0 Å². The van der Waals surface area contributed by atoms with Crippen LogP contribution in [0.4, 0.5) is 0 Å². The van der Waals surface area contributed by atoms with Crippen molar-refractivity contribution in [2.24, 2.45) is 5.92 Å². The molecule has 0 aliphatic rings. The Morgan fingerprint density at radius 3 is 2.30 bits per heavy atom. The van der Waals surface area contributed by atoms with Crippen LogP contribution in [-0.2, 0) is 4.79 Å². The molecule has 0 rings (SSSR count). The lowest BCUT2D eigenvalue weighted by atomic mass is 10.00. The van der Waals surface area contributed by atoms with Crippen LogP contribution < -0.4 is 0 Å². The second-order valence-corrected chi connectivity index (χ2v) is 4.11. The Hall–Kier alpha value is 0.500. The van der Waals surface area contributed by atoms with E-state index in [2.05, 4.69) is 28.7 Å². The zero-order chi connectivity index (χ0) is 7.98. The topological polar surface area (TPSA) is 17.1 Å². The van der Waals surface area contributed by atoms with Gasteiger partial charge in [-0.1, -0.05) is 24.0 Å². The number of rotatable bonds is 5. The quantitative estimate of drug-likeness (QED) is 0.715. The minimum absolute atomic E-state index is 0.282. The van der Waals surface area contributed by atoms with E-state index in [0.29, 0.717) is 11.5 Å². The van der Waals surface area contributed by atoms with Crippen LogP contribution in [-0.4, -0.2) is 11.5 Å². The minimum atomic E-state index is 0.282. The first-order valence-electron chi connectivity index (χ1n) is 3.52. The molecule has 60 valence electrons. The number of carbonyl (C=O) groups excluding carboxylic acids is 1. The van der Waals surface area contributed by atoms with Crippen molar-refractivity contribution >= 4 is 30.8 Å². The van der Waals surface area contributed by atoms with E-state index >= 15 is 0 Å². The highest BCUT2D eigenvalue weighted by molar-refractivity contribution is 9.50. The van der Waals surface area contributed by atoms with Crippen molar-refractivity contribution in [3.63, 3.8) is 0 Å². The fraction of sp³-hybridized carbons (Fsp3) is 0.857. The summed E-state index contributed by atoms with van der Waals surface area (Å²) < 4.78 is 0. The highest BCUT2D eigenvalue weighted by atomic mass is 79.9. The highest BCUT2D eigenvalue weighted by Crippen LogP contribution is 2.16. The van der Waals surface area contributed by atoms with Crippen molar-refractivity contribution in [2.75, 3.05) is 5.75 Å². The summed E-state index contributed by atoms with van der Waals surface area (Å²) in [6.07, 6.45) is 1.95. The molecule has 3 heteroatoms. The predicted molar refractivity (Wildman–Crippen MR) is 50.5 cm³/mol. The molecular weight excluding hydrogens is 212 g/mol. The standard InChI is InChI=1S/C7H13BrOS/c1-3-6(4-2)7(9)5-10-8/h6H,3-5H2,1-2H3. The Morgan fingerprint density at radius 2 is 2.00 bits per heavy atom. The Kier molecular flexibility index (Phi) is 6.54. The molecule has 0 N–H and O–H groups in total. The Morgan fingerprint density at radius 1 is 1.50 bits per heavy atom. The molecule has 0 saturated heterocycles. The molecule has 0 aromatic rings. The average molecular weight is 225 g/mol. The molecule has 0 aromatic carbocycles. The van der Waals surface area contributed by atoms with Gasteiger partial charge in [-0.15, -0.1) is 0 Å². The summed E-state index contributed by atoms with van der Waals surface area (Å²) in [5.41, 5.74) is 0. The third-order valence-electron chi connectivity index (χ3n) is 1.64. The van der Waals surface area contributed by atoms with Crippen molar-refractivity contribution in [1.29, 1.82) is 0 Å². The summed E-state index contributed by atoms with van der Waals surface area (Å²) in [6, 6.07) is 0. The van der Waals surface area contributed by atoms with Crippen LogP contribution in [0.3, 0.4) is 0 Å². The molecule has 0 saturated carbocycles. The molecule has 0 bridgehead atoms. The average Bonchev–Trinajstić information content (AvgIpc) is 1.91. The fourth-order valence-electron chi connectivity index (χ4n) is 0.916. The number of carbonyl (C=O) groups is 1. The van der Waals surface area contributed by atoms with Gasteiger partial charge in [-0.3, -0.25) is 4.79 Å². The van der Waals surface area contributed by atoms with E-state index in [1.54, 1.807) is 0 Å². The molecule has 0 radical (unpaired) electrons. The largest absolute Gasteiger partial charge is 0.298 e. The molecule has 0 unspecified atom stereocenters. The lowest BCUT2D eigenvalue weighted by Crippen LogP contribution is -2.14. The first-order valence-corrected chi connectivity index (χ1v) is 6.35. The van der Waals surface area contributed by atoms with Crippen molar-refractivity contribution in [1.82, 2.24) is 0 Å². The summed E-state index contributed by atoms with van der Waals surface area (Å²) in [4.78, 5) is 11.2. The van der Waals surface area contributed by atoms with Crippen LogP contribution in [0.15, 0.2) is 0 Å². The van der Waals surface area contributed by atoms with Crippen LogP contribution in [0.1, 0.15) is 26.7 Å². The van der Waals surface area contributed by atoms with E-state index in [1.165, 1.54) is 10.2 Å². The SMILES string of the molecule is CCC(CC)C(=O)CSBr. The fourth-order valence-corrected chi connectivity index (χ4v) is 1.94. The molecule has 0 aromatic heterocycles. The maximum absolute atomic E-state index is 11.2. The van der Waals surface area contributed by atoms with Gasteiger partial charge in [0.2, 0.25) is 0 Å². The molecule has 0 spiro atoms. The summed E-state index contributed by atoms with van der Waals surface area (Å²) in [5.74, 6) is 1.25. The van der Waals surface area contributed by atoms with Crippen molar-refractivity contribution in [3.8, 4) is 0 Å². The second kappa shape index (κ2) is 6.23. The van der Waals surface area contributed by atoms with E-state index in [-0.39, 0.29) is 5.92 Å². The molecule has 0 aliphatic carbocycles. The first kappa shape index (κ1) is 10.5. The lowest BCUT2D eigenvalue weighted by Gasteiger charge is -2.08. The van der Waals surface area contributed by atoms with Crippen LogP contribution in [0.5, 0.6) is 0 Å². The van der Waals surface area contributed by atoms with Gasteiger partial charge >= 0.3 is 0 Å². The van der Waals surface area contributed by atoms with Gasteiger partial charge in [0.05, 0.1) is 5.75 Å². The molecule has 0 aliphatic heterocycles. The Balaban J connectivity index is 3.65. The Labute approximate surface area is 74.2 Å². The normalized spacial score (nSPS) is 10.4. The zero-order valence-corrected chi connectivity index (χ0v) is 8.80. The van der Waals surface area contributed by atoms with Gasteiger partial charge in [0.15, 0.2) is 0 Å². The molecule has 0 atom stereocenters. The van der Waals surface area contributed by atoms with Gasteiger partial charge in [0.1, 0.15) is 5.78 Å². The van der Waals surface area contributed by atoms with E-state index in [4.69, 9.17) is 0 Å². The van der Waals surface area contributed by atoms with Gasteiger partial charge in [0, 0.05) is 5.92 Å². The van der Waals surface area contributed by atoms with E-state index in [1.807, 2.05) is 0 Å². The number of Topliss-reactive ketones (excluding diaryl/α,β-unsaturated/α-hetero) is 1. The Bertz CT molecular complexity index is 102. The summed E-state index contributed by atoms with van der Waals surface area (Å²) in [7, 11) is 1.43. The monoisotopic (exact) mass is 224 g/mol. The molecule has 1 nitrogen and oxygen atoms in total. The van der Waals surface area contributed by atoms with Crippen LogP contribution in [0, 0.1) is 5.92 Å². The van der Waals surface area contributed by atoms with Crippen LogP contribution in [0.2, 0.25) is 0 Å². The first-order chi connectivity index (χ1) is 4.76. The minimum Gasteiger partial charge on any atom is -0.298 e. The van der Waals surface area contributed by atoms with Gasteiger partial charge in [0.25, 0.3) is 0 Å². The van der Waals surface area contributed by atoms with Gasteiger partial charge < -0.3 is 0 Å². The number of hydrogen-bond donors (Lipinski definition) is 0. The van der Waals surface area contributed by atoms with Gasteiger partial charge in [-0.2, -0.15) is 0 Å². The van der Waals surface area contributed by atoms with E-state index in [9.17, 15) is 4.79 Å². The maximum Gasteiger partial charge on any atom is 0.146 e. The highest BCUT2D eigenvalue weighted by Gasteiger charge is 2.12. The van der Waals surface area contributed by atoms with Gasteiger partial charge in [-0.05, 0) is 27.7 Å². The van der Waals surface area contributed by atoms with Crippen molar-refractivity contribution in [2.45, 2.75) is 26.7 Å². The number of halogens is 1. The zero-order valence-electron chi connectivity index (χ0n) is 6.39. The predicted octanol–water partition coefficient (Wildman–Crippen LogP) is 3.03. The molecule has 0 amide bonds. The smallest absolute Gasteiger partial charge is 0.146 e. The lowest BCUT2D eigenvalue weighted by molar-refractivity contribution is -0.120. The maximum atomic E-state index is 11.2. The third kappa shape index (κ3) is 3.62. The summed E-state index contributed by atoms with van der Waals surface area (Å²) in [6.45, 7) is 4.12. The second-order valence-electron chi connectivity index (χ2n) is 2.23. The molecule has 10 heavy (non-hydrogen) atoms. The van der Waals surface area contributed by atoms with E-state index < -0.39 is 0 Å². The summed E-state index contributed by atoms with van der Waals surface area (Å²) >= 11 is 3.17. The van der Waals surface area contributed by atoms with E-state index in [0.717, 1.165) is 12.8 Å². The van der Waals surface area contributed by atoms with Crippen LogP contribution in [0.25, 0.3) is 0 Å². The number of ketones is 1.